The number of para-hydroxylation sites is 1. The van der Waals surface area contributed by atoms with Crippen LogP contribution in [0.1, 0.15) is 56.1 Å². The zero-order chi connectivity index (χ0) is 30.2. The zero-order valence-corrected chi connectivity index (χ0v) is 24.6. The smallest absolute Gasteiger partial charge is 0.250 e. The number of aliphatic hydroxyl groups excluding tert-OH is 2. The Bertz CT molecular complexity index is 1470. The van der Waals surface area contributed by atoms with E-state index in [4.69, 9.17) is 23.7 Å². The summed E-state index contributed by atoms with van der Waals surface area (Å²) in [5, 5.41) is 25.4. The Morgan fingerprint density at radius 3 is 2.80 bits per heavy atom. The molecule has 0 radical (unpaired) electrons. The van der Waals surface area contributed by atoms with E-state index in [0.717, 1.165) is 30.4 Å². The average Bonchev–Trinajstić information content (AvgIpc) is 3.80. The lowest BCUT2D eigenvalue weighted by Gasteiger charge is -2.47. The van der Waals surface area contributed by atoms with Crippen molar-refractivity contribution in [2.45, 2.75) is 93.3 Å². The normalized spacial score (nSPS) is 38.8. The van der Waals surface area contributed by atoms with Crippen LogP contribution in [0.15, 0.2) is 42.5 Å². The predicted molar refractivity (Wildman–Crippen MR) is 155 cm³/mol. The van der Waals surface area contributed by atoms with Crippen LogP contribution in [0.3, 0.4) is 0 Å². The fourth-order valence-electron chi connectivity index (χ4n) is 8.71. The second kappa shape index (κ2) is 10.8. The number of nitrogens with one attached hydrogen (secondary N) is 1. The predicted octanol–water partition coefficient (Wildman–Crippen LogP) is 2.43. The van der Waals surface area contributed by atoms with Gasteiger partial charge in [-0.1, -0.05) is 37.6 Å². The number of ether oxygens (including phenoxy) is 5. The van der Waals surface area contributed by atoms with Crippen LogP contribution in [0.2, 0.25) is 0 Å². The minimum Gasteiger partial charge on any atom is -0.454 e. The summed E-state index contributed by atoms with van der Waals surface area (Å²) in [4.78, 5) is 31.3. The second-order valence-corrected chi connectivity index (χ2v) is 12.8. The highest BCUT2D eigenvalue weighted by Crippen LogP contribution is 2.61. The van der Waals surface area contributed by atoms with Gasteiger partial charge in [-0.25, -0.2) is 0 Å². The molecule has 3 N–H and O–H groups in total. The third-order valence-corrected chi connectivity index (χ3v) is 10.5. The highest BCUT2D eigenvalue weighted by atomic mass is 16.7. The number of anilines is 1. The molecule has 4 saturated heterocycles. The van der Waals surface area contributed by atoms with Crippen molar-refractivity contribution < 1.29 is 43.5 Å². The van der Waals surface area contributed by atoms with E-state index in [1.54, 1.807) is 0 Å². The molecule has 44 heavy (non-hydrogen) atoms. The highest BCUT2D eigenvalue weighted by Gasteiger charge is 2.69. The first-order chi connectivity index (χ1) is 21.4. The summed E-state index contributed by atoms with van der Waals surface area (Å²) in [6, 6.07) is 13.3. The molecule has 0 aromatic heterocycles. The number of fused-ring (bicyclic) bond motifs is 6. The summed E-state index contributed by atoms with van der Waals surface area (Å²) < 4.78 is 29.3. The fraction of sp³-hybridized carbons (Fsp3) is 0.576. The lowest BCUT2D eigenvalue weighted by atomic mass is 9.68. The van der Waals surface area contributed by atoms with Gasteiger partial charge < -0.3 is 39.2 Å². The van der Waals surface area contributed by atoms with Crippen LogP contribution >= 0.6 is 0 Å². The minimum atomic E-state index is -1.34. The minimum absolute atomic E-state index is 0.0657. The molecule has 11 heteroatoms. The van der Waals surface area contributed by atoms with Crippen LogP contribution in [0, 0.1) is 5.92 Å². The van der Waals surface area contributed by atoms with Crippen LogP contribution in [0.5, 0.6) is 11.5 Å². The molecule has 6 aliphatic heterocycles. The Hall–Kier alpha value is -3.06. The van der Waals surface area contributed by atoms with Crippen molar-refractivity contribution in [3.05, 3.63) is 53.6 Å². The first-order valence-electron chi connectivity index (χ1n) is 15.8. The van der Waals surface area contributed by atoms with Gasteiger partial charge in [-0.05, 0) is 49.6 Å². The Balaban J connectivity index is 1.17. The summed E-state index contributed by atoms with van der Waals surface area (Å²) in [6.07, 6.45) is -2.34. The van der Waals surface area contributed by atoms with Crippen molar-refractivity contribution in [1.29, 1.82) is 0 Å². The first-order valence-corrected chi connectivity index (χ1v) is 15.8. The zero-order valence-electron chi connectivity index (χ0n) is 24.6. The number of hydrogen-bond acceptors (Lipinski definition) is 10. The molecule has 0 bridgehead atoms. The second-order valence-electron chi connectivity index (χ2n) is 12.8. The van der Waals surface area contributed by atoms with Gasteiger partial charge in [0.25, 0.3) is 0 Å². The van der Waals surface area contributed by atoms with Crippen LogP contribution in [-0.4, -0.2) is 89.6 Å². The first kappa shape index (κ1) is 28.4. The molecule has 2 aromatic carbocycles. The summed E-state index contributed by atoms with van der Waals surface area (Å²) in [5.74, 6) is -0.258. The summed E-state index contributed by atoms with van der Waals surface area (Å²) in [6.45, 7) is 3.02. The van der Waals surface area contributed by atoms with E-state index in [9.17, 15) is 19.8 Å². The van der Waals surface area contributed by atoms with Crippen LogP contribution in [-0.2, 0) is 29.3 Å². The van der Waals surface area contributed by atoms with E-state index in [0.29, 0.717) is 30.2 Å². The quantitative estimate of drug-likeness (QED) is 0.450. The monoisotopic (exact) mass is 606 g/mol. The molecule has 0 aliphatic carbocycles. The SMILES string of the molecule is CCCC1OC[C@H]2O[C@@H](CC(=O)[C@@H]3C(c4ccc5c(c4)OCO5)C4CCCN4[C@@]34C(=O)Nc3ccccc34)[C@H](O)[C@@H](O)[C@@H]2O1. The maximum atomic E-state index is 14.8. The van der Waals surface area contributed by atoms with Gasteiger partial charge in [0, 0.05) is 29.6 Å². The summed E-state index contributed by atoms with van der Waals surface area (Å²) in [5.41, 5.74) is 1.18. The molecule has 1 amide bonds. The number of rotatable bonds is 6. The molecule has 10 atom stereocenters. The van der Waals surface area contributed by atoms with Crippen LogP contribution in [0.25, 0.3) is 0 Å². The highest BCUT2D eigenvalue weighted by molar-refractivity contribution is 6.10. The molecule has 11 nitrogen and oxygen atoms in total. The topological polar surface area (TPSA) is 136 Å². The van der Waals surface area contributed by atoms with E-state index in [-0.39, 0.29) is 43.5 Å². The lowest BCUT2D eigenvalue weighted by Crippen LogP contribution is -2.63. The molecule has 4 fully saturated rings. The van der Waals surface area contributed by atoms with E-state index < -0.39 is 48.3 Å². The van der Waals surface area contributed by atoms with Gasteiger partial charge >= 0.3 is 0 Å². The largest absolute Gasteiger partial charge is 0.454 e. The standard InChI is InChI=1S/C33H38N2O9/c1-2-6-26-40-15-25-31(44-26)30(38)29(37)24(43-25)14-21(36)28-27(17-10-11-22-23(13-17)42-16-41-22)20-9-5-12-35(20)33(28)18-7-3-4-8-19(18)34-32(33)39/h3-4,7-8,10-11,13,20,24-31,37-38H,2,5-6,9,12,14-16H2,1H3,(H,34,39)/t20?,24-,25+,26?,27?,28+,29-,30+,31+,33+/m0/s1. The number of benzene rings is 2. The van der Waals surface area contributed by atoms with Crippen molar-refractivity contribution in [2.24, 2.45) is 5.92 Å². The van der Waals surface area contributed by atoms with Crippen LogP contribution in [0.4, 0.5) is 5.69 Å². The van der Waals surface area contributed by atoms with E-state index >= 15 is 0 Å². The van der Waals surface area contributed by atoms with Crippen molar-refractivity contribution in [2.75, 3.05) is 25.3 Å². The van der Waals surface area contributed by atoms with Gasteiger partial charge in [-0.2, -0.15) is 0 Å². The number of Topliss-reactive ketones (excluding diaryl/α,β-unsaturated/α-hetero) is 1. The molecule has 6 aliphatic rings. The molecule has 8 rings (SSSR count). The Morgan fingerprint density at radius 2 is 1.93 bits per heavy atom. The van der Waals surface area contributed by atoms with E-state index in [1.807, 2.05) is 49.4 Å². The maximum absolute atomic E-state index is 14.8. The summed E-state index contributed by atoms with van der Waals surface area (Å²) >= 11 is 0. The molecule has 2 aromatic rings. The van der Waals surface area contributed by atoms with Crippen LogP contribution < -0.4 is 14.8 Å². The molecule has 234 valence electrons. The van der Waals surface area contributed by atoms with Crippen molar-refractivity contribution in [3.63, 3.8) is 0 Å². The fourth-order valence-corrected chi connectivity index (χ4v) is 8.71. The molecule has 1 spiro atoms. The van der Waals surface area contributed by atoms with Gasteiger partial charge in [0.2, 0.25) is 12.7 Å². The lowest BCUT2D eigenvalue weighted by molar-refractivity contribution is -0.325. The van der Waals surface area contributed by atoms with E-state index in [1.165, 1.54) is 0 Å². The molecule has 3 unspecified atom stereocenters. The van der Waals surface area contributed by atoms with Gasteiger partial charge in [-0.3, -0.25) is 14.5 Å². The number of amides is 1. The van der Waals surface area contributed by atoms with Gasteiger partial charge in [0.15, 0.2) is 17.8 Å². The Morgan fingerprint density at radius 1 is 1.09 bits per heavy atom. The van der Waals surface area contributed by atoms with Crippen molar-refractivity contribution in [3.8, 4) is 11.5 Å². The van der Waals surface area contributed by atoms with Gasteiger partial charge in [0.05, 0.1) is 18.6 Å². The van der Waals surface area contributed by atoms with Crippen molar-refractivity contribution >= 4 is 17.4 Å². The number of carbonyl (C=O) groups is 2. The van der Waals surface area contributed by atoms with Crippen molar-refractivity contribution in [1.82, 2.24) is 4.90 Å². The number of ketones is 1. The van der Waals surface area contributed by atoms with Gasteiger partial charge in [-0.15, -0.1) is 0 Å². The number of aliphatic hydroxyl groups is 2. The number of nitrogens with zero attached hydrogens (tertiary/aromatic N) is 1. The average molecular weight is 607 g/mol. The Kier molecular flexibility index (Phi) is 6.96. The summed E-state index contributed by atoms with van der Waals surface area (Å²) in [7, 11) is 0. The third kappa shape index (κ3) is 4.10. The molecule has 0 saturated carbocycles. The Labute approximate surface area is 255 Å². The number of carbonyl (C=O) groups excluding carboxylic acids is 2. The maximum Gasteiger partial charge on any atom is 0.250 e. The molecular weight excluding hydrogens is 568 g/mol. The van der Waals surface area contributed by atoms with E-state index in [2.05, 4.69) is 10.2 Å². The van der Waals surface area contributed by atoms with Gasteiger partial charge in [0.1, 0.15) is 35.7 Å². The molecular formula is C33H38N2O9. The third-order valence-electron chi connectivity index (χ3n) is 10.5. The number of hydrogen-bond donors (Lipinski definition) is 3. The molecule has 6 heterocycles.